The molecule has 78 valence electrons. The van der Waals surface area contributed by atoms with Crippen LogP contribution in [0.3, 0.4) is 0 Å². The van der Waals surface area contributed by atoms with Crippen LogP contribution in [0.15, 0.2) is 18.3 Å². The van der Waals surface area contributed by atoms with Crippen molar-refractivity contribution in [1.29, 1.82) is 0 Å². The molecule has 0 saturated heterocycles. The van der Waals surface area contributed by atoms with E-state index in [1.807, 2.05) is 12.3 Å². The fourth-order valence-electron chi connectivity index (χ4n) is 1.37. The molecule has 0 aliphatic rings. The van der Waals surface area contributed by atoms with Gasteiger partial charge in [0.15, 0.2) is 0 Å². The standard InChI is InChI=1S/C11H19N3/c1-9-5-4-8-13-11(9)14-10(2)6-3-7-12/h4-5,8,10H,3,6-7,12H2,1-2H3,(H,13,14). The Bertz CT molecular complexity index is 273. The van der Waals surface area contributed by atoms with E-state index < -0.39 is 0 Å². The van der Waals surface area contributed by atoms with E-state index in [0.29, 0.717) is 6.04 Å². The van der Waals surface area contributed by atoms with Gasteiger partial charge in [-0.15, -0.1) is 0 Å². The van der Waals surface area contributed by atoms with E-state index in [2.05, 4.69) is 30.2 Å². The molecule has 3 N–H and O–H groups in total. The number of nitrogens with zero attached hydrogens (tertiary/aromatic N) is 1. The average molecular weight is 193 g/mol. The molecular weight excluding hydrogens is 174 g/mol. The molecule has 0 aliphatic heterocycles. The minimum Gasteiger partial charge on any atom is -0.367 e. The van der Waals surface area contributed by atoms with Gasteiger partial charge < -0.3 is 11.1 Å². The van der Waals surface area contributed by atoms with E-state index >= 15 is 0 Å². The topological polar surface area (TPSA) is 50.9 Å². The number of aryl methyl sites for hydroxylation is 1. The molecule has 0 bridgehead atoms. The summed E-state index contributed by atoms with van der Waals surface area (Å²) in [5.74, 6) is 0.983. The summed E-state index contributed by atoms with van der Waals surface area (Å²) in [7, 11) is 0. The van der Waals surface area contributed by atoms with E-state index in [9.17, 15) is 0 Å². The number of anilines is 1. The Kier molecular flexibility index (Phi) is 4.40. The van der Waals surface area contributed by atoms with E-state index in [0.717, 1.165) is 25.2 Å². The Hall–Kier alpha value is -1.09. The summed E-state index contributed by atoms with van der Waals surface area (Å²) in [6.07, 6.45) is 3.96. The zero-order valence-corrected chi connectivity index (χ0v) is 8.96. The maximum Gasteiger partial charge on any atom is 0.129 e. The van der Waals surface area contributed by atoms with Gasteiger partial charge in [-0.1, -0.05) is 6.07 Å². The molecule has 1 rings (SSSR count). The van der Waals surface area contributed by atoms with Crippen LogP contribution in [0.1, 0.15) is 25.3 Å². The maximum absolute atomic E-state index is 5.46. The van der Waals surface area contributed by atoms with Crippen molar-refractivity contribution in [2.75, 3.05) is 11.9 Å². The third kappa shape index (κ3) is 3.34. The molecule has 3 heteroatoms. The summed E-state index contributed by atoms with van der Waals surface area (Å²) in [6, 6.07) is 4.45. The molecule has 14 heavy (non-hydrogen) atoms. The zero-order chi connectivity index (χ0) is 10.4. The highest BCUT2D eigenvalue weighted by atomic mass is 15.0. The second-order valence-electron chi connectivity index (χ2n) is 3.65. The van der Waals surface area contributed by atoms with E-state index in [1.54, 1.807) is 0 Å². The van der Waals surface area contributed by atoms with Crippen molar-refractivity contribution in [3.05, 3.63) is 23.9 Å². The van der Waals surface area contributed by atoms with Gasteiger partial charge in [0, 0.05) is 12.2 Å². The van der Waals surface area contributed by atoms with Crippen LogP contribution in [-0.2, 0) is 0 Å². The summed E-state index contributed by atoms with van der Waals surface area (Å²) >= 11 is 0. The maximum atomic E-state index is 5.46. The molecule has 1 heterocycles. The van der Waals surface area contributed by atoms with Crippen molar-refractivity contribution in [3.63, 3.8) is 0 Å². The minimum atomic E-state index is 0.437. The third-order valence-corrected chi connectivity index (χ3v) is 2.23. The highest BCUT2D eigenvalue weighted by Crippen LogP contribution is 2.11. The molecule has 0 aliphatic carbocycles. The third-order valence-electron chi connectivity index (χ3n) is 2.23. The number of pyridine rings is 1. The van der Waals surface area contributed by atoms with Crippen LogP contribution in [0.5, 0.6) is 0 Å². The van der Waals surface area contributed by atoms with Crippen LogP contribution in [0.25, 0.3) is 0 Å². The van der Waals surface area contributed by atoms with Gasteiger partial charge in [0.2, 0.25) is 0 Å². The van der Waals surface area contributed by atoms with Crippen molar-refractivity contribution in [1.82, 2.24) is 4.98 Å². The Balaban J connectivity index is 2.47. The van der Waals surface area contributed by atoms with Crippen molar-refractivity contribution in [2.45, 2.75) is 32.7 Å². The summed E-state index contributed by atoms with van der Waals surface area (Å²) < 4.78 is 0. The number of hydrogen-bond acceptors (Lipinski definition) is 3. The second-order valence-corrected chi connectivity index (χ2v) is 3.65. The lowest BCUT2D eigenvalue weighted by Crippen LogP contribution is -2.18. The molecule has 1 aromatic rings. The average Bonchev–Trinajstić information content (AvgIpc) is 2.18. The number of nitrogens with two attached hydrogens (primary N) is 1. The Morgan fingerprint density at radius 2 is 2.36 bits per heavy atom. The van der Waals surface area contributed by atoms with Gasteiger partial charge in [0.25, 0.3) is 0 Å². The van der Waals surface area contributed by atoms with Gasteiger partial charge in [-0.3, -0.25) is 0 Å². The molecule has 0 saturated carbocycles. The van der Waals surface area contributed by atoms with Gasteiger partial charge in [-0.05, 0) is 44.9 Å². The first kappa shape index (κ1) is 11.0. The zero-order valence-electron chi connectivity index (χ0n) is 8.96. The van der Waals surface area contributed by atoms with Gasteiger partial charge in [0.05, 0.1) is 0 Å². The van der Waals surface area contributed by atoms with Crippen molar-refractivity contribution < 1.29 is 0 Å². The van der Waals surface area contributed by atoms with E-state index in [4.69, 9.17) is 5.73 Å². The normalized spacial score (nSPS) is 12.5. The van der Waals surface area contributed by atoms with Gasteiger partial charge in [-0.2, -0.15) is 0 Å². The largest absolute Gasteiger partial charge is 0.367 e. The highest BCUT2D eigenvalue weighted by Gasteiger charge is 2.03. The van der Waals surface area contributed by atoms with E-state index in [1.165, 1.54) is 5.56 Å². The molecule has 1 unspecified atom stereocenters. The van der Waals surface area contributed by atoms with Crippen LogP contribution in [-0.4, -0.2) is 17.6 Å². The molecule has 1 atom stereocenters. The first-order chi connectivity index (χ1) is 6.74. The Morgan fingerprint density at radius 1 is 1.57 bits per heavy atom. The SMILES string of the molecule is Cc1cccnc1NC(C)CCCN. The lowest BCUT2D eigenvalue weighted by Gasteiger charge is -2.15. The summed E-state index contributed by atoms with van der Waals surface area (Å²) in [5.41, 5.74) is 6.64. The predicted molar refractivity (Wildman–Crippen MR) is 60.3 cm³/mol. The lowest BCUT2D eigenvalue weighted by molar-refractivity contribution is 0.660. The quantitative estimate of drug-likeness (QED) is 0.751. The first-order valence-electron chi connectivity index (χ1n) is 5.12. The van der Waals surface area contributed by atoms with Crippen LogP contribution in [0.2, 0.25) is 0 Å². The van der Waals surface area contributed by atoms with E-state index in [-0.39, 0.29) is 0 Å². The van der Waals surface area contributed by atoms with Crippen LogP contribution in [0.4, 0.5) is 5.82 Å². The van der Waals surface area contributed by atoms with Gasteiger partial charge in [-0.25, -0.2) is 4.98 Å². The number of hydrogen-bond donors (Lipinski definition) is 2. The fourth-order valence-corrected chi connectivity index (χ4v) is 1.37. The molecule has 0 radical (unpaired) electrons. The Labute approximate surface area is 85.7 Å². The molecule has 3 nitrogen and oxygen atoms in total. The van der Waals surface area contributed by atoms with Crippen LogP contribution in [0, 0.1) is 6.92 Å². The summed E-state index contributed by atoms with van der Waals surface area (Å²) in [4.78, 5) is 4.28. The second kappa shape index (κ2) is 5.60. The number of rotatable bonds is 5. The van der Waals surface area contributed by atoms with Crippen LogP contribution < -0.4 is 11.1 Å². The highest BCUT2D eigenvalue weighted by molar-refractivity contribution is 5.43. The Morgan fingerprint density at radius 3 is 3.00 bits per heavy atom. The van der Waals surface area contributed by atoms with Crippen molar-refractivity contribution in [2.24, 2.45) is 5.73 Å². The smallest absolute Gasteiger partial charge is 0.129 e. The number of nitrogens with one attached hydrogen (secondary N) is 1. The fraction of sp³-hybridized carbons (Fsp3) is 0.545. The summed E-state index contributed by atoms with van der Waals surface area (Å²) in [6.45, 7) is 4.97. The lowest BCUT2D eigenvalue weighted by atomic mass is 10.1. The predicted octanol–water partition coefficient (Wildman–Crippen LogP) is 1.93. The summed E-state index contributed by atoms with van der Waals surface area (Å²) in [5, 5.41) is 3.38. The van der Waals surface area contributed by atoms with Gasteiger partial charge >= 0.3 is 0 Å². The molecule has 0 aromatic carbocycles. The van der Waals surface area contributed by atoms with Crippen molar-refractivity contribution in [3.8, 4) is 0 Å². The monoisotopic (exact) mass is 193 g/mol. The molecule has 0 amide bonds. The molecule has 0 spiro atoms. The van der Waals surface area contributed by atoms with Crippen molar-refractivity contribution >= 4 is 5.82 Å². The first-order valence-corrected chi connectivity index (χ1v) is 5.12. The van der Waals surface area contributed by atoms with Gasteiger partial charge in [0.1, 0.15) is 5.82 Å². The minimum absolute atomic E-state index is 0.437. The molecule has 1 aromatic heterocycles. The molecule has 0 fully saturated rings. The number of aromatic nitrogens is 1. The molecular formula is C11H19N3. The van der Waals surface area contributed by atoms with Crippen LogP contribution >= 0.6 is 0 Å².